The normalized spacial score (nSPS) is 17.0. The van der Waals surface area contributed by atoms with Crippen molar-refractivity contribution in [2.75, 3.05) is 47.0 Å². The van der Waals surface area contributed by atoms with E-state index < -0.39 is 0 Å². The number of halogens is 1. The van der Waals surface area contributed by atoms with Crippen LogP contribution < -0.4 is 14.2 Å². The number of hydrogen-bond donors (Lipinski definition) is 0. The zero-order chi connectivity index (χ0) is 25.7. The smallest absolute Gasteiger partial charge is 0.260 e. The predicted molar refractivity (Wildman–Crippen MR) is 140 cm³/mol. The summed E-state index contributed by atoms with van der Waals surface area (Å²) in [6.07, 6.45) is 6.00. The van der Waals surface area contributed by atoms with E-state index in [1.54, 1.807) is 31.4 Å². The average Bonchev–Trinajstić information content (AvgIpc) is 3.30. The number of nitrogens with zero attached hydrogens (tertiary/aromatic N) is 2. The van der Waals surface area contributed by atoms with Crippen LogP contribution in [0.15, 0.2) is 42.5 Å². The van der Waals surface area contributed by atoms with Crippen LogP contribution in [0.25, 0.3) is 6.08 Å². The molecule has 2 aromatic carbocycles. The fraction of sp³-hybridized carbons (Fsp3) is 0.429. The average molecular weight is 513 g/mol. The maximum Gasteiger partial charge on any atom is 0.260 e. The molecule has 2 amide bonds. The molecule has 0 saturated carbocycles. The molecule has 36 heavy (non-hydrogen) atoms. The zero-order valence-electron chi connectivity index (χ0n) is 21.1. The number of amides is 2. The summed E-state index contributed by atoms with van der Waals surface area (Å²) in [4.78, 5) is 29.4. The van der Waals surface area contributed by atoms with Gasteiger partial charge < -0.3 is 24.0 Å². The molecule has 2 aliphatic heterocycles. The molecule has 0 atom stereocenters. The van der Waals surface area contributed by atoms with Gasteiger partial charge in [-0.2, -0.15) is 0 Å². The van der Waals surface area contributed by atoms with Gasteiger partial charge in [0.15, 0.2) is 18.1 Å². The summed E-state index contributed by atoms with van der Waals surface area (Å²) in [7, 11) is 3.08. The maximum absolute atomic E-state index is 12.9. The Morgan fingerprint density at radius 2 is 1.67 bits per heavy atom. The van der Waals surface area contributed by atoms with E-state index in [9.17, 15) is 9.59 Å². The van der Waals surface area contributed by atoms with E-state index in [2.05, 4.69) is 0 Å². The minimum atomic E-state index is -0.0390. The molecule has 0 aliphatic carbocycles. The van der Waals surface area contributed by atoms with Crippen molar-refractivity contribution in [3.8, 4) is 17.2 Å². The summed E-state index contributed by atoms with van der Waals surface area (Å²) in [5.41, 5.74) is 1.77. The zero-order valence-corrected chi connectivity index (χ0v) is 21.8. The van der Waals surface area contributed by atoms with Crippen LogP contribution in [0.1, 0.15) is 30.4 Å². The largest absolute Gasteiger partial charge is 0.493 e. The van der Waals surface area contributed by atoms with Gasteiger partial charge in [-0.15, -0.1) is 0 Å². The molecule has 7 nitrogen and oxygen atoms in total. The Hall–Kier alpha value is -3.19. The molecule has 2 aliphatic rings. The van der Waals surface area contributed by atoms with Gasteiger partial charge in [0.2, 0.25) is 5.91 Å². The second-order valence-electron chi connectivity index (χ2n) is 9.48. The van der Waals surface area contributed by atoms with Crippen molar-refractivity contribution in [3.05, 3.63) is 58.6 Å². The van der Waals surface area contributed by atoms with Gasteiger partial charge in [-0.25, -0.2) is 0 Å². The van der Waals surface area contributed by atoms with Gasteiger partial charge in [-0.1, -0.05) is 29.8 Å². The van der Waals surface area contributed by atoms with Crippen molar-refractivity contribution in [2.24, 2.45) is 5.41 Å². The van der Waals surface area contributed by atoms with Crippen LogP contribution >= 0.6 is 11.6 Å². The van der Waals surface area contributed by atoms with E-state index in [0.717, 1.165) is 30.6 Å². The van der Waals surface area contributed by atoms with Crippen LogP contribution in [0.2, 0.25) is 5.02 Å². The third-order valence-corrected chi connectivity index (χ3v) is 7.68. The summed E-state index contributed by atoms with van der Waals surface area (Å²) in [6, 6.07) is 11.3. The molecule has 2 aromatic rings. The number of ether oxygens (including phenoxy) is 3. The molecule has 0 N–H and O–H groups in total. The molecule has 0 aromatic heterocycles. The maximum atomic E-state index is 12.9. The molecular weight excluding hydrogens is 480 g/mol. The van der Waals surface area contributed by atoms with E-state index in [1.165, 1.54) is 7.11 Å². The monoisotopic (exact) mass is 512 g/mol. The van der Waals surface area contributed by atoms with Crippen molar-refractivity contribution in [1.82, 2.24) is 9.80 Å². The first-order chi connectivity index (χ1) is 17.4. The SMILES string of the molecule is COc1ccc(/C=C/C(=O)N2CCC3(CCN(C(=O)COc4ccccc4C)CC3)C2)c(Cl)c1OC. The van der Waals surface area contributed by atoms with Gasteiger partial charge in [0.05, 0.1) is 19.2 Å². The van der Waals surface area contributed by atoms with Crippen LogP contribution in [0, 0.1) is 12.3 Å². The number of rotatable bonds is 7. The van der Waals surface area contributed by atoms with E-state index in [4.69, 9.17) is 25.8 Å². The molecule has 192 valence electrons. The molecule has 2 saturated heterocycles. The highest BCUT2D eigenvalue weighted by atomic mass is 35.5. The Balaban J connectivity index is 1.29. The molecular formula is C28H33ClN2O5. The van der Waals surface area contributed by atoms with Gasteiger partial charge in [0.25, 0.3) is 5.91 Å². The Bertz CT molecular complexity index is 1140. The first-order valence-electron chi connectivity index (χ1n) is 12.2. The van der Waals surface area contributed by atoms with Crippen LogP contribution in [0.3, 0.4) is 0 Å². The summed E-state index contributed by atoms with van der Waals surface area (Å²) in [6.45, 7) is 4.82. The highest BCUT2D eigenvalue weighted by molar-refractivity contribution is 6.33. The van der Waals surface area contributed by atoms with Crippen LogP contribution in [-0.2, 0) is 9.59 Å². The molecule has 1 spiro atoms. The lowest BCUT2D eigenvalue weighted by Crippen LogP contribution is -2.46. The lowest BCUT2D eigenvalue weighted by atomic mass is 9.78. The lowest BCUT2D eigenvalue weighted by molar-refractivity contribution is -0.136. The van der Waals surface area contributed by atoms with Crippen molar-refractivity contribution in [3.63, 3.8) is 0 Å². The molecule has 4 rings (SSSR count). The first-order valence-corrected chi connectivity index (χ1v) is 12.6. The Morgan fingerprint density at radius 1 is 0.972 bits per heavy atom. The number of methoxy groups -OCH3 is 2. The minimum Gasteiger partial charge on any atom is -0.493 e. The van der Waals surface area contributed by atoms with Crippen molar-refractivity contribution < 1.29 is 23.8 Å². The number of carbonyl (C=O) groups is 2. The number of aryl methyl sites for hydroxylation is 1. The van der Waals surface area contributed by atoms with Gasteiger partial charge in [0, 0.05) is 32.3 Å². The lowest BCUT2D eigenvalue weighted by Gasteiger charge is -2.39. The highest BCUT2D eigenvalue weighted by Crippen LogP contribution is 2.41. The van der Waals surface area contributed by atoms with Crippen molar-refractivity contribution >= 4 is 29.5 Å². The van der Waals surface area contributed by atoms with E-state index in [-0.39, 0.29) is 23.8 Å². The fourth-order valence-electron chi connectivity index (χ4n) is 5.01. The van der Waals surface area contributed by atoms with Crippen LogP contribution in [0.5, 0.6) is 17.2 Å². The van der Waals surface area contributed by atoms with Gasteiger partial charge in [-0.3, -0.25) is 9.59 Å². The summed E-state index contributed by atoms with van der Waals surface area (Å²) < 4.78 is 16.3. The van der Waals surface area contributed by atoms with Crippen molar-refractivity contribution in [2.45, 2.75) is 26.2 Å². The quantitative estimate of drug-likeness (QED) is 0.507. The molecule has 2 fully saturated rings. The first kappa shape index (κ1) is 25.9. The van der Waals surface area contributed by atoms with E-state index >= 15 is 0 Å². The molecule has 0 unspecified atom stereocenters. The topological polar surface area (TPSA) is 68.3 Å². The second kappa shape index (κ2) is 11.2. The second-order valence-corrected chi connectivity index (χ2v) is 9.86. The van der Waals surface area contributed by atoms with Crippen molar-refractivity contribution in [1.29, 1.82) is 0 Å². The molecule has 2 heterocycles. The number of para-hydroxylation sites is 1. The van der Waals surface area contributed by atoms with E-state index in [1.807, 2.05) is 41.0 Å². The summed E-state index contributed by atoms with van der Waals surface area (Å²) in [5.74, 6) is 1.70. The molecule has 8 heteroatoms. The van der Waals surface area contributed by atoms with Gasteiger partial charge >= 0.3 is 0 Å². The summed E-state index contributed by atoms with van der Waals surface area (Å²) in [5, 5.41) is 0.405. The Labute approximate surface area is 217 Å². The molecule has 0 bridgehead atoms. The standard InChI is InChI=1S/C28H33ClN2O5/c1-20-6-4-5-7-22(20)36-18-25(33)30-15-12-28(13-16-30)14-17-31(19-28)24(32)11-9-21-8-10-23(34-2)27(35-3)26(21)29/h4-11H,12-19H2,1-3H3/b11-9+. The van der Waals surface area contributed by atoms with Crippen LogP contribution in [0.4, 0.5) is 0 Å². The number of hydrogen-bond acceptors (Lipinski definition) is 5. The third-order valence-electron chi connectivity index (χ3n) is 7.29. The number of likely N-dealkylation sites (tertiary alicyclic amines) is 2. The van der Waals surface area contributed by atoms with E-state index in [0.29, 0.717) is 48.3 Å². The third kappa shape index (κ3) is 5.62. The predicted octanol–water partition coefficient (Wildman–Crippen LogP) is 4.60. The number of benzene rings is 2. The highest BCUT2D eigenvalue weighted by Gasteiger charge is 2.42. The van der Waals surface area contributed by atoms with Gasteiger partial charge in [0.1, 0.15) is 5.75 Å². The number of piperidine rings is 1. The summed E-state index contributed by atoms with van der Waals surface area (Å²) >= 11 is 6.43. The van der Waals surface area contributed by atoms with Crippen LogP contribution in [-0.4, -0.2) is 68.6 Å². The van der Waals surface area contributed by atoms with Gasteiger partial charge in [-0.05, 0) is 67.0 Å². The Kier molecular flexibility index (Phi) is 8.09. The number of carbonyl (C=O) groups excluding carboxylic acids is 2. The molecule has 0 radical (unpaired) electrons. The Morgan fingerprint density at radius 3 is 2.33 bits per heavy atom. The fourth-order valence-corrected chi connectivity index (χ4v) is 5.31. The minimum absolute atomic E-state index is 0.00812.